The molecular weight excluding hydrogens is 184 g/mol. The third-order valence-corrected chi connectivity index (χ3v) is 4.44. The molecule has 3 aliphatic rings. The molecule has 1 N–H and O–H groups in total. The van der Waals surface area contributed by atoms with E-state index in [4.69, 9.17) is 0 Å². The lowest BCUT2D eigenvalue weighted by Gasteiger charge is -2.44. The second-order valence-corrected chi connectivity index (χ2v) is 5.69. The summed E-state index contributed by atoms with van der Waals surface area (Å²) >= 11 is 0. The van der Waals surface area contributed by atoms with Gasteiger partial charge in [0.1, 0.15) is 0 Å². The Kier molecular flexibility index (Phi) is 2.37. The fourth-order valence-electron chi connectivity index (χ4n) is 3.25. The average Bonchev–Trinajstić information content (AvgIpc) is 2.96. The Bertz CT molecular complexity index is 262. The highest BCUT2D eigenvalue weighted by Crippen LogP contribution is 2.41. The van der Waals surface area contributed by atoms with Crippen LogP contribution in [0.15, 0.2) is 12.2 Å². The summed E-state index contributed by atoms with van der Waals surface area (Å²) in [6.07, 6.45) is 10.1. The third kappa shape index (κ3) is 1.85. The van der Waals surface area contributed by atoms with E-state index >= 15 is 0 Å². The van der Waals surface area contributed by atoms with Crippen molar-refractivity contribution in [3.8, 4) is 0 Å². The SMILES string of the molecule is CC1(C2CC2)CN(C2CC=CC2)CCN1. The van der Waals surface area contributed by atoms with Crippen LogP contribution in [0.1, 0.15) is 32.6 Å². The summed E-state index contributed by atoms with van der Waals surface area (Å²) in [5, 5.41) is 3.75. The fraction of sp³-hybridized carbons (Fsp3) is 0.846. The molecule has 0 bridgehead atoms. The summed E-state index contributed by atoms with van der Waals surface area (Å²) < 4.78 is 0. The third-order valence-electron chi connectivity index (χ3n) is 4.44. The highest BCUT2D eigenvalue weighted by molar-refractivity contribution is 5.06. The van der Waals surface area contributed by atoms with Crippen molar-refractivity contribution in [2.24, 2.45) is 5.92 Å². The van der Waals surface area contributed by atoms with Crippen molar-refractivity contribution in [1.29, 1.82) is 0 Å². The number of piperazine rings is 1. The largest absolute Gasteiger partial charge is 0.309 e. The standard InChI is InChI=1S/C13H22N2/c1-13(11-6-7-11)10-15(9-8-14-13)12-4-2-3-5-12/h2-3,11-12,14H,4-10H2,1H3. The van der Waals surface area contributed by atoms with Crippen LogP contribution in [0.5, 0.6) is 0 Å². The maximum atomic E-state index is 3.75. The smallest absolute Gasteiger partial charge is 0.0309 e. The van der Waals surface area contributed by atoms with Crippen molar-refractivity contribution in [2.75, 3.05) is 19.6 Å². The zero-order valence-corrected chi connectivity index (χ0v) is 9.71. The molecule has 0 spiro atoms. The number of rotatable bonds is 2. The molecule has 0 aromatic heterocycles. The van der Waals surface area contributed by atoms with Gasteiger partial charge in [0, 0.05) is 31.2 Å². The first-order valence-electron chi connectivity index (χ1n) is 6.42. The quantitative estimate of drug-likeness (QED) is 0.693. The van der Waals surface area contributed by atoms with Crippen LogP contribution in [0.25, 0.3) is 0 Å². The van der Waals surface area contributed by atoms with E-state index in [-0.39, 0.29) is 0 Å². The van der Waals surface area contributed by atoms with Gasteiger partial charge in [-0.3, -0.25) is 4.90 Å². The molecule has 2 fully saturated rings. The maximum absolute atomic E-state index is 3.75. The molecule has 1 unspecified atom stereocenters. The van der Waals surface area contributed by atoms with Gasteiger partial charge in [-0.2, -0.15) is 0 Å². The van der Waals surface area contributed by atoms with E-state index in [1.807, 2.05) is 0 Å². The van der Waals surface area contributed by atoms with E-state index in [2.05, 4.69) is 29.3 Å². The Morgan fingerprint density at radius 3 is 2.67 bits per heavy atom. The monoisotopic (exact) mass is 206 g/mol. The van der Waals surface area contributed by atoms with Gasteiger partial charge in [0.15, 0.2) is 0 Å². The summed E-state index contributed by atoms with van der Waals surface area (Å²) in [6, 6.07) is 0.810. The molecule has 0 amide bonds. The number of hydrogen-bond donors (Lipinski definition) is 1. The predicted molar refractivity (Wildman–Crippen MR) is 62.9 cm³/mol. The maximum Gasteiger partial charge on any atom is 0.0309 e. The molecule has 2 nitrogen and oxygen atoms in total. The fourth-order valence-corrected chi connectivity index (χ4v) is 3.25. The lowest BCUT2D eigenvalue weighted by molar-refractivity contribution is 0.0924. The lowest BCUT2D eigenvalue weighted by Crippen LogP contribution is -2.61. The first-order chi connectivity index (χ1) is 7.28. The van der Waals surface area contributed by atoms with Crippen molar-refractivity contribution >= 4 is 0 Å². The number of nitrogens with zero attached hydrogens (tertiary/aromatic N) is 1. The summed E-state index contributed by atoms with van der Waals surface area (Å²) in [6.45, 7) is 6.13. The first kappa shape index (κ1) is 9.86. The van der Waals surface area contributed by atoms with Crippen molar-refractivity contribution in [3.63, 3.8) is 0 Å². The second-order valence-electron chi connectivity index (χ2n) is 5.69. The van der Waals surface area contributed by atoms with Crippen molar-refractivity contribution in [2.45, 2.75) is 44.2 Å². The Labute approximate surface area is 92.7 Å². The van der Waals surface area contributed by atoms with E-state index in [1.54, 1.807) is 0 Å². The predicted octanol–water partition coefficient (Wildman–Crippen LogP) is 1.78. The average molecular weight is 206 g/mol. The molecule has 15 heavy (non-hydrogen) atoms. The molecule has 1 saturated carbocycles. The molecule has 84 valence electrons. The normalized spacial score (nSPS) is 38.7. The van der Waals surface area contributed by atoms with Crippen LogP contribution >= 0.6 is 0 Å². The zero-order chi connectivity index (χ0) is 10.3. The van der Waals surface area contributed by atoms with Gasteiger partial charge in [-0.15, -0.1) is 0 Å². The molecule has 0 radical (unpaired) electrons. The van der Waals surface area contributed by atoms with Crippen molar-refractivity contribution < 1.29 is 0 Å². The Morgan fingerprint density at radius 2 is 2.00 bits per heavy atom. The molecule has 3 rings (SSSR count). The van der Waals surface area contributed by atoms with E-state index in [1.165, 1.54) is 45.3 Å². The second kappa shape index (κ2) is 3.60. The van der Waals surface area contributed by atoms with Gasteiger partial charge in [0.25, 0.3) is 0 Å². The van der Waals surface area contributed by atoms with Crippen LogP contribution in [0.3, 0.4) is 0 Å². The Morgan fingerprint density at radius 1 is 1.27 bits per heavy atom. The minimum Gasteiger partial charge on any atom is -0.309 e. The molecule has 0 aromatic rings. The van der Waals surface area contributed by atoms with Gasteiger partial charge in [0.05, 0.1) is 0 Å². The van der Waals surface area contributed by atoms with Gasteiger partial charge < -0.3 is 5.32 Å². The minimum atomic E-state index is 0.418. The van der Waals surface area contributed by atoms with Crippen LogP contribution in [-0.2, 0) is 0 Å². The molecule has 2 heteroatoms. The highest BCUT2D eigenvalue weighted by Gasteiger charge is 2.44. The van der Waals surface area contributed by atoms with E-state index in [9.17, 15) is 0 Å². The molecule has 0 aromatic carbocycles. The van der Waals surface area contributed by atoms with Gasteiger partial charge in [0.2, 0.25) is 0 Å². The van der Waals surface area contributed by atoms with Crippen LogP contribution in [0.4, 0.5) is 0 Å². The van der Waals surface area contributed by atoms with Gasteiger partial charge in [-0.1, -0.05) is 12.2 Å². The number of hydrogen-bond acceptors (Lipinski definition) is 2. The van der Waals surface area contributed by atoms with Crippen LogP contribution < -0.4 is 5.32 Å². The van der Waals surface area contributed by atoms with Gasteiger partial charge in [-0.05, 0) is 38.5 Å². The van der Waals surface area contributed by atoms with Gasteiger partial charge in [-0.25, -0.2) is 0 Å². The van der Waals surface area contributed by atoms with Crippen LogP contribution in [0, 0.1) is 5.92 Å². The van der Waals surface area contributed by atoms with Crippen LogP contribution in [0.2, 0.25) is 0 Å². The van der Waals surface area contributed by atoms with Crippen molar-refractivity contribution in [3.05, 3.63) is 12.2 Å². The summed E-state index contributed by atoms with van der Waals surface area (Å²) in [5.41, 5.74) is 0.418. The van der Waals surface area contributed by atoms with Crippen LogP contribution in [-0.4, -0.2) is 36.1 Å². The highest BCUT2D eigenvalue weighted by atomic mass is 15.2. The van der Waals surface area contributed by atoms with Gasteiger partial charge >= 0.3 is 0 Å². The molecule has 1 heterocycles. The minimum absolute atomic E-state index is 0.418. The lowest BCUT2D eigenvalue weighted by atomic mass is 9.92. The summed E-state index contributed by atoms with van der Waals surface area (Å²) in [4.78, 5) is 2.72. The Balaban J connectivity index is 1.65. The van der Waals surface area contributed by atoms with Crippen molar-refractivity contribution in [1.82, 2.24) is 10.2 Å². The molecule has 1 atom stereocenters. The zero-order valence-electron chi connectivity index (χ0n) is 9.71. The molecule has 2 aliphatic carbocycles. The summed E-state index contributed by atoms with van der Waals surface area (Å²) in [7, 11) is 0. The number of nitrogens with one attached hydrogen (secondary N) is 1. The molecule has 1 saturated heterocycles. The molecular formula is C13H22N2. The van der Waals surface area contributed by atoms with E-state index in [0.29, 0.717) is 5.54 Å². The molecule has 1 aliphatic heterocycles. The Hall–Kier alpha value is -0.340. The van der Waals surface area contributed by atoms with E-state index < -0.39 is 0 Å². The topological polar surface area (TPSA) is 15.3 Å². The first-order valence-corrected chi connectivity index (χ1v) is 6.42. The summed E-state index contributed by atoms with van der Waals surface area (Å²) in [5.74, 6) is 0.953. The van der Waals surface area contributed by atoms with E-state index in [0.717, 1.165) is 12.0 Å².